The zero-order valence-electron chi connectivity index (χ0n) is 18.1. The summed E-state index contributed by atoms with van der Waals surface area (Å²) in [5.74, 6) is -3.35. The molecule has 8 nitrogen and oxygen atoms in total. The molecule has 2 aromatic rings. The number of carbonyl (C=O) groups excluding carboxylic acids is 1. The summed E-state index contributed by atoms with van der Waals surface area (Å²) in [5, 5.41) is 2.69. The van der Waals surface area contributed by atoms with Crippen LogP contribution in [0.15, 0.2) is 29.5 Å². The first-order chi connectivity index (χ1) is 16.1. The van der Waals surface area contributed by atoms with Gasteiger partial charge >= 0.3 is 0 Å². The second-order valence-corrected chi connectivity index (χ2v) is 9.61. The molecule has 3 atom stereocenters. The molecule has 1 aliphatic heterocycles. The van der Waals surface area contributed by atoms with Gasteiger partial charge in [0.25, 0.3) is 12.3 Å². The highest BCUT2D eigenvalue weighted by Gasteiger charge is 2.66. The first kappa shape index (κ1) is 24.2. The van der Waals surface area contributed by atoms with Gasteiger partial charge < -0.3 is 20.5 Å². The van der Waals surface area contributed by atoms with Crippen LogP contribution in [0.1, 0.15) is 29.4 Å². The van der Waals surface area contributed by atoms with Crippen molar-refractivity contribution in [3.05, 3.63) is 47.4 Å². The number of halogens is 4. The number of rotatable bonds is 8. The Balaban J connectivity index is 1.58. The fourth-order valence-electron chi connectivity index (χ4n) is 4.21. The Morgan fingerprint density at radius 3 is 2.74 bits per heavy atom. The highest BCUT2D eigenvalue weighted by atomic mass is 32.2. The SMILES string of the molecule is COC[C@]12CC1[C@@](C)(c1cc(NC(=O)c3cnc(OCC(F)F)cn3)cc(F)c1F)N=C(N)S2. The molecule has 0 saturated heterocycles. The van der Waals surface area contributed by atoms with Gasteiger partial charge in [-0.3, -0.25) is 9.79 Å². The lowest BCUT2D eigenvalue weighted by atomic mass is 9.85. The third-order valence-electron chi connectivity index (χ3n) is 5.79. The molecular formula is C21H21F4N5O3S. The van der Waals surface area contributed by atoms with E-state index in [0.717, 1.165) is 18.5 Å². The molecule has 0 bridgehead atoms. The first-order valence-corrected chi connectivity index (χ1v) is 11.0. The number of thioether (sulfide) groups is 1. The number of aromatic nitrogens is 2. The van der Waals surface area contributed by atoms with Crippen LogP contribution in [0.4, 0.5) is 23.2 Å². The number of carbonyl (C=O) groups is 1. The van der Waals surface area contributed by atoms with Crippen molar-refractivity contribution < 1.29 is 31.8 Å². The number of nitrogens with two attached hydrogens (primary N) is 1. The van der Waals surface area contributed by atoms with Crippen LogP contribution in [0.5, 0.6) is 5.88 Å². The van der Waals surface area contributed by atoms with Crippen LogP contribution in [-0.4, -0.2) is 52.5 Å². The Kier molecular flexibility index (Phi) is 6.42. The second-order valence-electron chi connectivity index (χ2n) is 8.17. The number of hydrogen-bond donors (Lipinski definition) is 2. The van der Waals surface area contributed by atoms with Gasteiger partial charge in [-0.1, -0.05) is 11.8 Å². The van der Waals surface area contributed by atoms with Gasteiger partial charge in [-0.05, 0) is 19.4 Å². The van der Waals surface area contributed by atoms with Crippen LogP contribution in [0, 0.1) is 17.6 Å². The molecule has 1 saturated carbocycles. The summed E-state index contributed by atoms with van der Waals surface area (Å²) in [6, 6.07) is 2.15. The Labute approximate surface area is 196 Å². The van der Waals surface area contributed by atoms with Crippen molar-refractivity contribution in [2.75, 3.05) is 25.6 Å². The largest absolute Gasteiger partial charge is 0.470 e. The third-order valence-corrected chi connectivity index (χ3v) is 7.07. The lowest BCUT2D eigenvalue weighted by Crippen LogP contribution is -2.38. The molecule has 0 spiro atoms. The topological polar surface area (TPSA) is 112 Å². The van der Waals surface area contributed by atoms with E-state index in [4.69, 9.17) is 15.2 Å². The minimum absolute atomic E-state index is 0.0232. The number of benzene rings is 1. The fraction of sp³-hybridized carbons (Fsp3) is 0.429. The van der Waals surface area contributed by atoms with Gasteiger partial charge in [-0.15, -0.1) is 0 Å². The monoisotopic (exact) mass is 499 g/mol. The molecule has 3 N–H and O–H groups in total. The second kappa shape index (κ2) is 9.02. The van der Waals surface area contributed by atoms with E-state index in [-0.39, 0.29) is 38.7 Å². The van der Waals surface area contributed by atoms with Crippen molar-refractivity contribution in [3.63, 3.8) is 0 Å². The number of ether oxygens (including phenoxy) is 2. The number of methoxy groups -OCH3 is 1. The number of fused-ring (bicyclic) bond motifs is 1. The van der Waals surface area contributed by atoms with E-state index in [1.165, 1.54) is 17.8 Å². The van der Waals surface area contributed by atoms with Gasteiger partial charge in [0.2, 0.25) is 5.88 Å². The van der Waals surface area contributed by atoms with Crippen molar-refractivity contribution in [1.29, 1.82) is 0 Å². The summed E-state index contributed by atoms with van der Waals surface area (Å²) in [4.78, 5) is 24.6. The van der Waals surface area contributed by atoms with Crippen LogP contribution in [0.2, 0.25) is 0 Å². The normalized spacial score (nSPS) is 25.5. The molecule has 1 aromatic carbocycles. The van der Waals surface area contributed by atoms with Crippen molar-refractivity contribution in [2.45, 2.75) is 30.1 Å². The molecule has 1 aliphatic carbocycles. The molecule has 13 heteroatoms. The van der Waals surface area contributed by atoms with Gasteiger partial charge in [0.1, 0.15) is 5.69 Å². The number of nitrogens with one attached hydrogen (secondary N) is 1. The summed E-state index contributed by atoms with van der Waals surface area (Å²) >= 11 is 1.36. The summed E-state index contributed by atoms with van der Waals surface area (Å²) in [6.45, 7) is 1.19. The van der Waals surface area contributed by atoms with E-state index in [1.54, 1.807) is 14.0 Å². The van der Waals surface area contributed by atoms with Crippen molar-refractivity contribution in [3.8, 4) is 5.88 Å². The maximum atomic E-state index is 14.9. The number of aliphatic imine (C=N–C) groups is 1. The summed E-state index contributed by atoms with van der Waals surface area (Å²) in [7, 11) is 1.56. The Morgan fingerprint density at radius 2 is 2.09 bits per heavy atom. The maximum Gasteiger partial charge on any atom is 0.275 e. The highest BCUT2D eigenvalue weighted by molar-refractivity contribution is 8.15. The number of nitrogens with zero attached hydrogens (tertiary/aromatic N) is 3. The van der Waals surface area contributed by atoms with Gasteiger partial charge in [-0.2, -0.15) is 0 Å². The number of amides is 1. The van der Waals surface area contributed by atoms with Gasteiger partial charge in [0, 0.05) is 30.3 Å². The Bertz CT molecular complexity index is 1140. The fourth-order valence-corrected chi connectivity index (χ4v) is 5.66. The van der Waals surface area contributed by atoms with Crippen LogP contribution >= 0.6 is 11.8 Å². The Morgan fingerprint density at radius 1 is 1.32 bits per heavy atom. The molecule has 1 amide bonds. The molecule has 182 valence electrons. The molecule has 4 rings (SSSR count). The summed E-state index contributed by atoms with van der Waals surface area (Å²) in [5.41, 5.74) is 4.60. The zero-order chi connectivity index (χ0) is 24.7. The van der Waals surface area contributed by atoms with Crippen LogP contribution < -0.4 is 15.8 Å². The van der Waals surface area contributed by atoms with Gasteiger partial charge in [-0.25, -0.2) is 27.5 Å². The lowest BCUT2D eigenvalue weighted by molar-refractivity contribution is 0.0792. The van der Waals surface area contributed by atoms with E-state index in [1.807, 2.05) is 0 Å². The predicted molar refractivity (Wildman–Crippen MR) is 117 cm³/mol. The number of anilines is 1. The number of hydrogen-bond acceptors (Lipinski definition) is 8. The van der Waals surface area contributed by atoms with E-state index < -0.39 is 36.1 Å². The standard InChI is InChI=1S/C21H21F4N5O3S/c1-20(14-5-21(14,9-32-2)34-19(26)30-20)11-3-10(4-12(22)17(11)25)29-18(31)13-6-28-16(7-27-13)33-8-15(23)24/h3-4,6-7,14-15H,5,8-9H2,1-2H3,(H2,26,30)(H,29,31)/t14?,20-,21-/m1/s1. The minimum atomic E-state index is -2.69. The minimum Gasteiger partial charge on any atom is -0.470 e. The van der Waals surface area contributed by atoms with E-state index in [9.17, 15) is 22.4 Å². The third kappa shape index (κ3) is 4.53. The quantitative estimate of drug-likeness (QED) is 0.536. The van der Waals surface area contributed by atoms with Gasteiger partial charge in [0.05, 0.1) is 29.3 Å². The van der Waals surface area contributed by atoms with Crippen LogP contribution in [0.25, 0.3) is 0 Å². The number of amidine groups is 1. The van der Waals surface area contributed by atoms with Crippen LogP contribution in [-0.2, 0) is 10.3 Å². The van der Waals surface area contributed by atoms with Crippen molar-refractivity contribution in [1.82, 2.24) is 9.97 Å². The first-order valence-electron chi connectivity index (χ1n) is 10.1. The Hall–Kier alpha value is -2.93. The summed E-state index contributed by atoms with van der Waals surface area (Å²) < 4.78 is 63.6. The van der Waals surface area contributed by atoms with E-state index in [0.29, 0.717) is 13.0 Å². The molecular weight excluding hydrogens is 478 g/mol. The summed E-state index contributed by atoms with van der Waals surface area (Å²) in [6.07, 6.45) is -0.00847. The van der Waals surface area contributed by atoms with Crippen molar-refractivity contribution >= 4 is 28.5 Å². The highest BCUT2D eigenvalue weighted by Crippen LogP contribution is 2.66. The molecule has 0 radical (unpaired) electrons. The smallest absolute Gasteiger partial charge is 0.275 e. The molecule has 2 heterocycles. The average Bonchev–Trinajstić information content (AvgIpc) is 3.49. The molecule has 34 heavy (non-hydrogen) atoms. The molecule has 2 aliphatic rings. The predicted octanol–water partition coefficient (Wildman–Crippen LogP) is 3.33. The lowest BCUT2D eigenvalue weighted by Gasteiger charge is -2.34. The average molecular weight is 499 g/mol. The maximum absolute atomic E-state index is 14.9. The van der Waals surface area contributed by atoms with Crippen LogP contribution in [0.3, 0.4) is 0 Å². The number of alkyl halides is 2. The molecule has 1 fully saturated rings. The van der Waals surface area contributed by atoms with Crippen molar-refractivity contribution in [2.24, 2.45) is 16.6 Å². The van der Waals surface area contributed by atoms with E-state index >= 15 is 0 Å². The molecule has 1 unspecified atom stereocenters. The van der Waals surface area contributed by atoms with E-state index in [2.05, 4.69) is 20.3 Å². The van der Waals surface area contributed by atoms with Gasteiger partial charge in [0.15, 0.2) is 23.4 Å². The zero-order valence-corrected chi connectivity index (χ0v) is 19.0. The molecule has 1 aromatic heterocycles.